The lowest BCUT2D eigenvalue weighted by atomic mass is 10.2. The molecule has 0 aromatic heterocycles. The third kappa shape index (κ3) is 5.92. The summed E-state index contributed by atoms with van der Waals surface area (Å²) in [5.41, 5.74) is 0.871. The Kier molecular flexibility index (Phi) is 9.04. The summed E-state index contributed by atoms with van der Waals surface area (Å²) < 4.78 is 24.7. The SMILES string of the molecule is CCOc1ccc(CNC(=NC)N2CCC(N3CCOCC3)C2)cc1F.I. The maximum Gasteiger partial charge on any atom is 0.193 e. The molecule has 1 aromatic rings. The van der Waals surface area contributed by atoms with Crippen LogP contribution in [0.5, 0.6) is 5.75 Å². The number of nitrogens with one attached hydrogen (secondary N) is 1. The third-order valence-electron chi connectivity index (χ3n) is 4.98. The number of benzene rings is 1. The van der Waals surface area contributed by atoms with Crippen molar-refractivity contribution in [2.75, 3.05) is 53.0 Å². The molecule has 3 rings (SSSR count). The van der Waals surface area contributed by atoms with E-state index in [0.29, 0.717) is 24.9 Å². The minimum Gasteiger partial charge on any atom is -0.491 e. The average Bonchev–Trinajstić information content (AvgIpc) is 3.15. The minimum atomic E-state index is -0.324. The van der Waals surface area contributed by atoms with E-state index in [-0.39, 0.29) is 29.8 Å². The Hall–Kier alpha value is -1.13. The van der Waals surface area contributed by atoms with Gasteiger partial charge in [-0.1, -0.05) is 6.07 Å². The van der Waals surface area contributed by atoms with Crippen LogP contribution in [0.2, 0.25) is 0 Å². The molecule has 2 heterocycles. The molecule has 1 atom stereocenters. The first-order valence-corrected chi connectivity index (χ1v) is 9.40. The number of rotatable bonds is 5. The maximum absolute atomic E-state index is 14.0. The van der Waals surface area contributed by atoms with Gasteiger partial charge in [0.2, 0.25) is 0 Å². The van der Waals surface area contributed by atoms with Gasteiger partial charge in [-0.15, -0.1) is 24.0 Å². The number of nitrogens with zero attached hydrogens (tertiary/aromatic N) is 3. The molecule has 6 nitrogen and oxygen atoms in total. The van der Waals surface area contributed by atoms with E-state index >= 15 is 0 Å². The number of guanidine groups is 1. The summed E-state index contributed by atoms with van der Waals surface area (Å²) in [6.45, 7) is 8.47. The van der Waals surface area contributed by atoms with Crippen LogP contribution in [-0.2, 0) is 11.3 Å². The van der Waals surface area contributed by atoms with Crippen molar-refractivity contribution < 1.29 is 13.9 Å². The fourth-order valence-electron chi connectivity index (χ4n) is 3.62. The Morgan fingerprint density at radius 1 is 1.33 bits per heavy atom. The second kappa shape index (κ2) is 11.0. The van der Waals surface area contributed by atoms with Gasteiger partial charge in [0.05, 0.1) is 19.8 Å². The zero-order valence-corrected chi connectivity index (χ0v) is 18.4. The highest BCUT2D eigenvalue weighted by Gasteiger charge is 2.30. The van der Waals surface area contributed by atoms with E-state index in [0.717, 1.165) is 57.3 Å². The largest absolute Gasteiger partial charge is 0.491 e. The molecule has 152 valence electrons. The van der Waals surface area contributed by atoms with Crippen molar-refractivity contribution in [2.45, 2.75) is 25.9 Å². The maximum atomic E-state index is 14.0. The molecular formula is C19H30FIN4O2. The summed E-state index contributed by atoms with van der Waals surface area (Å²) in [6.07, 6.45) is 1.14. The van der Waals surface area contributed by atoms with E-state index in [1.165, 1.54) is 6.07 Å². The molecule has 0 saturated carbocycles. The molecule has 2 fully saturated rings. The van der Waals surface area contributed by atoms with Crippen molar-refractivity contribution in [3.05, 3.63) is 29.6 Å². The second-order valence-electron chi connectivity index (χ2n) is 6.64. The van der Waals surface area contributed by atoms with Crippen molar-refractivity contribution >= 4 is 29.9 Å². The van der Waals surface area contributed by atoms with E-state index in [1.807, 2.05) is 13.0 Å². The van der Waals surface area contributed by atoms with Crippen molar-refractivity contribution in [1.29, 1.82) is 0 Å². The molecule has 2 aliphatic rings. The van der Waals surface area contributed by atoms with E-state index in [2.05, 4.69) is 20.1 Å². The van der Waals surface area contributed by atoms with Crippen LogP contribution >= 0.6 is 24.0 Å². The van der Waals surface area contributed by atoms with Gasteiger partial charge < -0.3 is 19.7 Å². The number of likely N-dealkylation sites (tertiary alicyclic amines) is 1. The molecule has 0 radical (unpaired) electrons. The number of hydrogen-bond acceptors (Lipinski definition) is 4. The van der Waals surface area contributed by atoms with Crippen molar-refractivity contribution in [1.82, 2.24) is 15.1 Å². The van der Waals surface area contributed by atoms with Crippen LogP contribution in [0.15, 0.2) is 23.2 Å². The van der Waals surface area contributed by atoms with Gasteiger partial charge in [-0.25, -0.2) is 4.39 Å². The fourth-order valence-corrected chi connectivity index (χ4v) is 3.62. The molecule has 0 bridgehead atoms. The van der Waals surface area contributed by atoms with Gasteiger partial charge in [0.1, 0.15) is 0 Å². The molecule has 2 saturated heterocycles. The predicted molar refractivity (Wildman–Crippen MR) is 116 cm³/mol. The summed E-state index contributed by atoms with van der Waals surface area (Å²) in [4.78, 5) is 9.20. The van der Waals surface area contributed by atoms with Crippen LogP contribution in [-0.4, -0.2) is 74.8 Å². The number of ether oxygens (including phenoxy) is 2. The van der Waals surface area contributed by atoms with Crippen LogP contribution in [0.3, 0.4) is 0 Å². The summed E-state index contributed by atoms with van der Waals surface area (Å²) in [5, 5.41) is 3.36. The van der Waals surface area contributed by atoms with Crippen LogP contribution in [0.1, 0.15) is 18.9 Å². The summed E-state index contributed by atoms with van der Waals surface area (Å²) in [7, 11) is 1.79. The Balaban J connectivity index is 0.00000261. The summed E-state index contributed by atoms with van der Waals surface area (Å²) >= 11 is 0. The van der Waals surface area contributed by atoms with Gasteiger partial charge in [0, 0.05) is 45.8 Å². The van der Waals surface area contributed by atoms with E-state index < -0.39 is 0 Å². The smallest absolute Gasteiger partial charge is 0.193 e. The normalized spacial score (nSPS) is 21.1. The van der Waals surface area contributed by atoms with Gasteiger partial charge in [-0.05, 0) is 31.0 Å². The highest BCUT2D eigenvalue weighted by molar-refractivity contribution is 14.0. The standard InChI is InChI=1S/C19H29FN4O2.HI/c1-3-26-18-5-4-15(12-17(18)20)13-22-19(21-2)24-7-6-16(14-24)23-8-10-25-11-9-23;/h4-5,12,16H,3,6-11,13-14H2,1-2H3,(H,21,22);1H. The van der Waals surface area contributed by atoms with Gasteiger partial charge in [0.25, 0.3) is 0 Å². The molecule has 0 spiro atoms. The molecule has 1 aromatic carbocycles. The molecule has 1 N–H and O–H groups in total. The van der Waals surface area contributed by atoms with Gasteiger partial charge in [-0.2, -0.15) is 0 Å². The van der Waals surface area contributed by atoms with Gasteiger partial charge >= 0.3 is 0 Å². The molecule has 27 heavy (non-hydrogen) atoms. The molecule has 0 amide bonds. The Morgan fingerprint density at radius 2 is 2.11 bits per heavy atom. The number of aliphatic imine (C=N–C) groups is 1. The molecule has 2 aliphatic heterocycles. The first kappa shape index (κ1) is 22.2. The number of morpholine rings is 1. The Morgan fingerprint density at radius 3 is 2.78 bits per heavy atom. The van der Waals surface area contributed by atoms with Crippen molar-refractivity contribution in [3.8, 4) is 5.75 Å². The van der Waals surface area contributed by atoms with Crippen LogP contribution in [0.25, 0.3) is 0 Å². The highest BCUT2D eigenvalue weighted by atomic mass is 127. The molecule has 8 heteroatoms. The predicted octanol–water partition coefficient (Wildman–Crippen LogP) is 2.32. The average molecular weight is 492 g/mol. The Labute approximate surface area is 178 Å². The zero-order valence-electron chi connectivity index (χ0n) is 16.1. The third-order valence-corrected chi connectivity index (χ3v) is 4.98. The topological polar surface area (TPSA) is 49.3 Å². The summed E-state index contributed by atoms with van der Waals surface area (Å²) in [5.74, 6) is 0.846. The van der Waals surface area contributed by atoms with E-state index in [4.69, 9.17) is 9.47 Å². The second-order valence-corrected chi connectivity index (χ2v) is 6.64. The lowest BCUT2D eigenvalue weighted by Crippen LogP contribution is -2.46. The minimum absolute atomic E-state index is 0. The Bertz CT molecular complexity index is 626. The quantitative estimate of drug-likeness (QED) is 0.389. The lowest BCUT2D eigenvalue weighted by molar-refractivity contribution is 0.0195. The van der Waals surface area contributed by atoms with Gasteiger partial charge in [-0.3, -0.25) is 9.89 Å². The van der Waals surface area contributed by atoms with Crippen LogP contribution in [0.4, 0.5) is 4.39 Å². The van der Waals surface area contributed by atoms with Gasteiger partial charge in [0.15, 0.2) is 17.5 Å². The molecule has 0 aliphatic carbocycles. The first-order chi connectivity index (χ1) is 12.7. The fraction of sp³-hybridized carbons (Fsp3) is 0.632. The van der Waals surface area contributed by atoms with Crippen LogP contribution in [0, 0.1) is 5.82 Å². The van der Waals surface area contributed by atoms with Crippen molar-refractivity contribution in [3.63, 3.8) is 0 Å². The lowest BCUT2D eigenvalue weighted by Gasteiger charge is -2.32. The zero-order chi connectivity index (χ0) is 18.4. The monoisotopic (exact) mass is 492 g/mol. The first-order valence-electron chi connectivity index (χ1n) is 9.40. The van der Waals surface area contributed by atoms with Crippen LogP contribution < -0.4 is 10.1 Å². The highest BCUT2D eigenvalue weighted by Crippen LogP contribution is 2.19. The number of hydrogen-bond donors (Lipinski definition) is 1. The molecule has 1 unspecified atom stereocenters. The van der Waals surface area contributed by atoms with E-state index in [1.54, 1.807) is 13.1 Å². The van der Waals surface area contributed by atoms with E-state index in [9.17, 15) is 4.39 Å². The summed E-state index contributed by atoms with van der Waals surface area (Å²) in [6, 6.07) is 5.64. The molecular weight excluding hydrogens is 462 g/mol. The van der Waals surface area contributed by atoms with Crippen molar-refractivity contribution in [2.24, 2.45) is 4.99 Å². The number of halogens is 2.